The van der Waals surface area contributed by atoms with E-state index in [2.05, 4.69) is 21.7 Å². The maximum atomic E-state index is 5.41. The van der Waals surface area contributed by atoms with E-state index < -0.39 is 0 Å². The molecule has 3 rings (SSSR count). The second kappa shape index (κ2) is 7.40. The number of aromatic nitrogens is 3. The number of hydrogen-bond donors (Lipinski definition) is 0. The summed E-state index contributed by atoms with van der Waals surface area (Å²) in [6, 6.07) is 15.9. The van der Waals surface area contributed by atoms with Crippen molar-refractivity contribution in [2.24, 2.45) is 0 Å². The van der Waals surface area contributed by atoms with Gasteiger partial charge in [0.15, 0.2) is 22.5 Å². The van der Waals surface area contributed by atoms with E-state index >= 15 is 0 Å². The van der Waals surface area contributed by atoms with E-state index in [0.29, 0.717) is 11.5 Å². The van der Waals surface area contributed by atoms with Crippen LogP contribution in [0.15, 0.2) is 53.7 Å². The first-order chi connectivity index (χ1) is 11.8. The summed E-state index contributed by atoms with van der Waals surface area (Å²) >= 11 is 1.66. The summed E-state index contributed by atoms with van der Waals surface area (Å²) in [7, 11) is 3.25. The van der Waals surface area contributed by atoms with Gasteiger partial charge in [-0.1, -0.05) is 36.9 Å². The van der Waals surface area contributed by atoms with Crippen LogP contribution < -0.4 is 9.47 Å². The van der Waals surface area contributed by atoms with Crippen molar-refractivity contribution in [1.82, 2.24) is 14.8 Å². The van der Waals surface area contributed by atoms with Gasteiger partial charge in [0.05, 0.1) is 14.2 Å². The molecule has 2 aromatic carbocycles. The normalized spacial score (nSPS) is 10.6. The van der Waals surface area contributed by atoms with Gasteiger partial charge in [0, 0.05) is 11.3 Å². The molecule has 0 amide bonds. The van der Waals surface area contributed by atoms with Crippen molar-refractivity contribution in [2.45, 2.75) is 12.1 Å². The van der Waals surface area contributed by atoms with Gasteiger partial charge in [-0.25, -0.2) is 0 Å². The van der Waals surface area contributed by atoms with Gasteiger partial charge >= 0.3 is 0 Å². The van der Waals surface area contributed by atoms with Gasteiger partial charge in [0.2, 0.25) is 0 Å². The molecule has 1 aromatic heterocycles. The summed E-state index contributed by atoms with van der Waals surface area (Å²) in [5.74, 6) is 3.06. The second-order valence-corrected chi connectivity index (χ2v) is 6.21. The summed E-state index contributed by atoms with van der Waals surface area (Å²) in [5, 5.41) is 9.64. The van der Waals surface area contributed by atoms with Crippen LogP contribution in [0.2, 0.25) is 0 Å². The van der Waals surface area contributed by atoms with Gasteiger partial charge in [0.25, 0.3) is 0 Å². The smallest absolute Gasteiger partial charge is 0.196 e. The quantitative estimate of drug-likeness (QED) is 0.633. The molecule has 5 nitrogen and oxygen atoms in total. The molecule has 6 heteroatoms. The molecular formula is C18H19N3O2S. The Morgan fingerprint density at radius 3 is 2.38 bits per heavy atom. The van der Waals surface area contributed by atoms with Crippen molar-refractivity contribution in [2.75, 3.05) is 20.0 Å². The molecule has 124 valence electrons. The monoisotopic (exact) mass is 341 g/mol. The zero-order valence-electron chi connectivity index (χ0n) is 13.9. The summed E-state index contributed by atoms with van der Waals surface area (Å²) < 4.78 is 12.8. The van der Waals surface area contributed by atoms with E-state index in [9.17, 15) is 0 Å². The Morgan fingerprint density at radius 2 is 1.71 bits per heavy atom. The van der Waals surface area contributed by atoms with E-state index in [0.717, 1.165) is 28.0 Å². The lowest BCUT2D eigenvalue weighted by molar-refractivity contribution is 0.355. The predicted octanol–water partition coefficient (Wildman–Crippen LogP) is 4.06. The molecule has 0 bridgehead atoms. The van der Waals surface area contributed by atoms with Gasteiger partial charge in [-0.3, -0.25) is 4.57 Å². The van der Waals surface area contributed by atoms with Crippen molar-refractivity contribution in [1.29, 1.82) is 0 Å². The first kappa shape index (κ1) is 16.4. The Labute approximate surface area is 145 Å². The van der Waals surface area contributed by atoms with Crippen molar-refractivity contribution in [3.63, 3.8) is 0 Å². The number of ether oxygens (including phenoxy) is 2. The molecule has 0 atom stereocenters. The fourth-order valence-electron chi connectivity index (χ4n) is 2.46. The summed E-state index contributed by atoms with van der Waals surface area (Å²) in [6.07, 6.45) is 0. The van der Waals surface area contributed by atoms with Gasteiger partial charge in [-0.2, -0.15) is 0 Å². The van der Waals surface area contributed by atoms with Crippen LogP contribution in [0.1, 0.15) is 6.92 Å². The predicted molar refractivity (Wildman–Crippen MR) is 96.3 cm³/mol. The lowest BCUT2D eigenvalue weighted by Gasteiger charge is -2.12. The number of benzene rings is 2. The molecule has 0 unspecified atom stereocenters. The van der Waals surface area contributed by atoms with Crippen molar-refractivity contribution >= 4 is 11.8 Å². The van der Waals surface area contributed by atoms with Crippen LogP contribution in [0, 0.1) is 0 Å². The molecule has 0 spiro atoms. The highest BCUT2D eigenvalue weighted by Gasteiger charge is 2.17. The van der Waals surface area contributed by atoms with E-state index in [4.69, 9.17) is 9.47 Å². The molecule has 0 saturated carbocycles. The van der Waals surface area contributed by atoms with Gasteiger partial charge in [-0.15, -0.1) is 10.2 Å². The Bertz CT molecular complexity index is 818. The first-order valence-electron chi connectivity index (χ1n) is 7.64. The first-order valence-corrected chi connectivity index (χ1v) is 8.63. The average Bonchev–Trinajstić information content (AvgIpc) is 3.06. The summed E-state index contributed by atoms with van der Waals surface area (Å²) in [6.45, 7) is 2.10. The lowest BCUT2D eigenvalue weighted by atomic mass is 10.2. The largest absolute Gasteiger partial charge is 0.493 e. The van der Waals surface area contributed by atoms with Gasteiger partial charge in [-0.05, 0) is 36.1 Å². The third-order valence-corrected chi connectivity index (χ3v) is 4.37. The summed E-state index contributed by atoms with van der Waals surface area (Å²) in [5.41, 5.74) is 1.95. The second-order valence-electron chi connectivity index (χ2n) is 4.98. The maximum absolute atomic E-state index is 5.41. The third-order valence-electron chi connectivity index (χ3n) is 3.56. The zero-order chi connectivity index (χ0) is 16.9. The van der Waals surface area contributed by atoms with Crippen LogP contribution in [-0.2, 0) is 0 Å². The molecule has 0 saturated heterocycles. The number of para-hydroxylation sites is 1. The van der Waals surface area contributed by atoms with Crippen molar-refractivity contribution in [3.05, 3.63) is 48.5 Å². The minimum Gasteiger partial charge on any atom is -0.493 e. The fraction of sp³-hybridized carbons (Fsp3) is 0.222. The standard InChI is InChI=1S/C18H19N3O2S/c1-4-24-18-20-19-17(21(18)14-8-6-5-7-9-14)13-10-11-15(22-2)16(12-13)23-3/h5-12H,4H2,1-3H3. The fourth-order valence-corrected chi connectivity index (χ4v) is 3.14. The number of thioether (sulfide) groups is 1. The summed E-state index contributed by atoms with van der Waals surface area (Å²) in [4.78, 5) is 0. The topological polar surface area (TPSA) is 49.2 Å². The Hall–Kier alpha value is -2.47. The molecule has 24 heavy (non-hydrogen) atoms. The SMILES string of the molecule is CCSc1nnc(-c2ccc(OC)c(OC)c2)n1-c1ccccc1. The minimum absolute atomic E-state index is 0.669. The molecular weight excluding hydrogens is 322 g/mol. The molecule has 0 radical (unpaired) electrons. The minimum atomic E-state index is 0.669. The third kappa shape index (κ3) is 3.10. The molecule has 0 aliphatic heterocycles. The Morgan fingerprint density at radius 1 is 0.958 bits per heavy atom. The van der Waals surface area contributed by atoms with Crippen LogP contribution in [0.5, 0.6) is 11.5 Å². The van der Waals surface area contributed by atoms with Crippen LogP contribution >= 0.6 is 11.8 Å². The van der Waals surface area contributed by atoms with E-state index in [-0.39, 0.29) is 0 Å². The molecule has 0 N–H and O–H groups in total. The Kier molecular flexibility index (Phi) is 5.05. The number of hydrogen-bond acceptors (Lipinski definition) is 5. The van der Waals surface area contributed by atoms with Crippen LogP contribution in [0.4, 0.5) is 0 Å². The molecule has 0 aliphatic rings. The lowest BCUT2D eigenvalue weighted by Crippen LogP contribution is -2.00. The Balaban J connectivity index is 2.15. The van der Waals surface area contributed by atoms with E-state index in [1.54, 1.807) is 26.0 Å². The molecule has 0 fully saturated rings. The van der Waals surface area contributed by atoms with E-state index in [1.165, 1.54) is 0 Å². The molecule has 0 aliphatic carbocycles. The average molecular weight is 341 g/mol. The van der Waals surface area contributed by atoms with Gasteiger partial charge < -0.3 is 9.47 Å². The van der Waals surface area contributed by atoms with Crippen LogP contribution in [0.3, 0.4) is 0 Å². The molecule has 1 heterocycles. The van der Waals surface area contributed by atoms with Crippen molar-refractivity contribution < 1.29 is 9.47 Å². The van der Waals surface area contributed by atoms with Crippen LogP contribution in [-0.4, -0.2) is 34.7 Å². The highest BCUT2D eigenvalue weighted by molar-refractivity contribution is 7.99. The number of methoxy groups -OCH3 is 2. The highest BCUT2D eigenvalue weighted by atomic mass is 32.2. The van der Waals surface area contributed by atoms with Crippen molar-refractivity contribution in [3.8, 4) is 28.6 Å². The zero-order valence-corrected chi connectivity index (χ0v) is 14.7. The van der Waals surface area contributed by atoms with E-state index in [1.807, 2.05) is 48.5 Å². The highest BCUT2D eigenvalue weighted by Crippen LogP contribution is 2.34. The number of nitrogens with zero attached hydrogens (tertiary/aromatic N) is 3. The molecule has 3 aromatic rings. The van der Waals surface area contributed by atoms with Gasteiger partial charge in [0.1, 0.15) is 0 Å². The maximum Gasteiger partial charge on any atom is 0.196 e. The van der Waals surface area contributed by atoms with Crippen LogP contribution in [0.25, 0.3) is 17.1 Å². The number of rotatable bonds is 6.